The summed E-state index contributed by atoms with van der Waals surface area (Å²) in [5.41, 5.74) is 7.27. The Labute approximate surface area is 165 Å². The largest absolute Gasteiger partial charge is 0.241 e. The Morgan fingerprint density at radius 1 is 0.963 bits per heavy atom. The van der Waals surface area contributed by atoms with Crippen LogP contribution in [0.5, 0.6) is 0 Å². The number of aryl methyl sites for hydroxylation is 2. The fourth-order valence-electron chi connectivity index (χ4n) is 3.47. The molecule has 0 saturated heterocycles. The zero-order valence-electron chi connectivity index (χ0n) is 16.3. The molecular formula is C25H23NS. The van der Waals surface area contributed by atoms with Gasteiger partial charge in [0.15, 0.2) is 0 Å². The summed E-state index contributed by atoms with van der Waals surface area (Å²) in [5.74, 6) is 6.61. The lowest BCUT2D eigenvalue weighted by atomic mass is 9.73. The maximum absolute atomic E-state index is 4.82. The van der Waals surface area contributed by atoms with Crippen LogP contribution >= 0.6 is 11.3 Å². The van der Waals surface area contributed by atoms with Crippen molar-refractivity contribution in [3.63, 3.8) is 0 Å². The number of aromatic nitrogens is 1. The minimum atomic E-state index is 0.131. The smallest absolute Gasteiger partial charge is 0.124 e. The lowest BCUT2D eigenvalue weighted by molar-refractivity contribution is 0.527. The molecule has 0 amide bonds. The van der Waals surface area contributed by atoms with Crippen molar-refractivity contribution in [1.82, 2.24) is 4.98 Å². The molecule has 1 nitrogen and oxygen atoms in total. The van der Waals surface area contributed by atoms with Crippen LogP contribution in [0.1, 0.15) is 58.1 Å². The van der Waals surface area contributed by atoms with Gasteiger partial charge in [-0.3, -0.25) is 0 Å². The third-order valence-electron chi connectivity index (χ3n) is 5.24. The van der Waals surface area contributed by atoms with Crippen LogP contribution in [-0.2, 0) is 5.41 Å². The van der Waals surface area contributed by atoms with Crippen LogP contribution in [0.2, 0.25) is 0 Å². The normalized spacial score (nSPS) is 14.7. The van der Waals surface area contributed by atoms with Crippen LogP contribution in [0, 0.1) is 25.7 Å². The van der Waals surface area contributed by atoms with E-state index in [9.17, 15) is 0 Å². The lowest BCUT2D eigenvalue weighted by Crippen LogP contribution is -2.21. The van der Waals surface area contributed by atoms with E-state index in [0.717, 1.165) is 28.2 Å². The first-order chi connectivity index (χ1) is 12.9. The highest BCUT2D eigenvalue weighted by Crippen LogP contribution is 2.42. The lowest BCUT2D eigenvalue weighted by Gasteiger charge is -2.31. The first-order valence-corrected chi connectivity index (χ1v) is 10.1. The van der Waals surface area contributed by atoms with Gasteiger partial charge in [-0.2, -0.15) is 0 Å². The quantitative estimate of drug-likeness (QED) is 0.461. The number of thiazole rings is 1. The molecule has 2 heteroatoms. The van der Waals surface area contributed by atoms with E-state index in [1.807, 2.05) is 30.3 Å². The van der Waals surface area contributed by atoms with Gasteiger partial charge in [0.1, 0.15) is 5.01 Å². The first-order valence-electron chi connectivity index (χ1n) is 9.30. The van der Waals surface area contributed by atoms with Crippen molar-refractivity contribution in [3.8, 4) is 11.8 Å². The Morgan fingerprint density at radius 3 is 2.41 bits per heavy atom. The molecule has 2 aromatic carbocycles. The van der Waals surface area contributed by atoms with Gasteiger partial charge in [-0.1, -0.05) is 56.0 Å². The van der Waals surface area contributed by atoms with Crippen molar-refractivity contribution < 1.29 is 0 Å². The molecule has 1 heterocycles. The molecule has 0 atom stereocenters. The Bertz CT molecular complexity index is 1070. The van der Waals surface area contributed by atoms with Gasteiger partial charge in [-0.05, 0) is 61.1 Å². The second-order valence-corrected chi connectivity index (χ2v) is 8.95. The van der Waals surface area contributed by atoms with Crippen LogP contribution in [0.15, 0.2) is 54.6 Å². The minimum Gasteiger partial charge on any atom is -0.241 e. The summed E-state index contributed by atoms with van der Waals surface area (Å²) >= 11 is 1.79. The molecular weight excluding hydrogens is 346 g/mol. The van der Waals surface area contributed by atoms with Gasteiger partial charge in [0.05, 0.1) is 5.69 Å². The molecule has 0 radical (unpaired) electrons. The molecule has 0 fully saturated rings. The Morgan fingerprint density at radius 2 is 1.70 bits per heavy atom. The van der Waals surface area contributed by atoms with E-state index in [1.54, 1.807) is 11.3 Å². The van der Waals surface area contributed by atoms with Crippen molar-refractivity contribution in [1.29, 1.82) is 0 Å². The van der Waals surface area contributed by atoms with E-state index in [4.69, 9.17) is 4.98 Å². The fraction of sp³-hybridized carbons (Fsp3) is 0.240. The highest BCUT2D eigenvalue weighted by molar-refractivity contribution is 7.12. The maximum Gasteiger partial charge on any atom is 0.124 e. The standard InChI is InChI=1S/C25H23NS/c1-17-18(2)27-24(26-17)21-14-15-25(3,4)23-13-12-20(16-22(21)23)11-10-19-8-6-5-7-9-19/h5-9,12-14,16H,15H2,1-4H3. The highest BCUT2D eigenvalue weighted by atomic mass is 32.1. The Hall–Kier alpha value is -2.63. The van der Waals surface area contributed by atoms with Gasteiger partial charge in [-0.25, -0.2) is 4.98 Å². The average Bonchev–Trinajstić information content (AvgIpc) is 2.99. The summed E-state index contributed by atoms with van der Waals surface area (Å²) in [5, 5.41) is 1.12. The summed E-state index contributed by atoms with van der Waals surface area (Å²) in [6.45, 7) is 8.86. The molecule has 27 heavy (non-hydrogen) atoms. The van der Waals surface area contributed by atoms with Crippen molar-refractivity contribution in [3.05, 3.63) is 92.4 Å². The number of hydrogen-bond donors (Lipinski definition) is 0. The summed E-state index contributed by atoms with van der Waals surface area (Å²) in [7, 11) is 0. The van der Waals surface area contributed by atoms with E-state index in [1.165, 1.54) is 21.6 Å². The molecule has 0 unspecified atom stereocenters. The highest BCUT2D eigenvalue weighted by Gasteiger charge is 2.29. The number of allylic oxidation sites excluding steroid dienone is 1. The van der Waals surface area contributed by atoms with Gasteiger partial charge >= 0.3 is 0 Å². The van der Waals surface area contributed by atoms with Gasteiger partial charge < -0.3 is 0 Å². The SMILES string of the molecule is Cc1nc(C2=CCC(C)(C)c3ccc(C#Cc4ccccc4)cc32)sc1C. The molecule has 0 bridgehead atoms. The van der Waals surface area contributed by atoms with E-state index < -0.39 is 0 Å². The van der Waals surface area contributed by atoms with Gasteiger partial charge in [0.25, 0.3) is 0 Å². The third kappa shape index (κ3) is 3.48. The minimum absolute atomic E-state index is 0.131. The molecule has 1 aromatic heterocycles. The van der Waals surface area contributed by atoms with Crippen LogP contribution < -0.4 is 0 Å². The predicted molar refractivity (Wildman–Crippen MR) is 115 cm³/mol. The third-order valence-corrected chi connectivity index (χ3v) is 6.35. The summed E-state index contributed by atoms with van der Waals surface area (Å²) in [6, 6.07) is 16.8. The Balaban J connectivity index is 1.80. The molecule has 0 saturated carbocycles. The fourth-order valence-corrected chi connectivity index (χ4v) is 4.44. The second kappa shape index (κ2) is 6.83. The maximum atomic E-state index is 4.82. The molecule has 1 aliphatic carbocycles. The van der Waals surface area contributed by atoms with E-state index >= 15 is 0 Å². The van der Waals surface area contributed by atoms with Crippen LogP contribution in [-0.4, -0.2) is 4.98 Å². The van der Waals surface area contributed by atoms with Crippen molar-refractivity contribution in [2.45, 2.75) is 39.5 Å². The Kier molecular flexibility index (Phi) is 4.50. The molecule has 134 valence electrons. The van der Waals surface area contributed by atoms with Crippen molar-refractivity contribution in [2.24, 2.45) is 0 Å². The number of benzene rings is 2. The number of nitrogens with zero attached hydrogens (tertiary/aromatic N) is 1. The topological polar surface area (TPSA) is 12.9 Å². The summed E-state index contributed by atoms with van der Waals surface area (Å²) in [4.78, 5) is 6.11. The van der Waals surface area contributed by atoms with Gasteiger partial charge in [0.2, 0.25) is 0 Å². The van der Waals surface area contributed by atoms with Gasteiger partial charge in [0, 0.05) is 21.6 Å². The molecule has 3 aromatic rings. The van der Waals surface area contributed by atoms with Crippen LogP contribution in [0.25, 0.3) is 5.57 Å². The monoisotopic (exact) mass is 369 g/mol. The second-order valence-electron chi connectivity index (χ2n) is 7.74. The summed E-state index contributed by atoms with van der Waals surface area (Å²) in [6.07, 6.45) is 3.39. The van der Waals surface area contributed by atoms with Crippen LogP contribution in [0.4, 0.5) is 0 Å². The molecule has 0 spiro atoms. The van der Waals surface area contributed by atoms with E-state index in [2.05, 4.69) is 63.8 Å². The van der Waals surface area contributed by atoms with E-state index in [-0.39, 0.29) is 5.41 Å². The molecule has 0 N–H and O–H groups in total. The number of fused-ring (bicyclic) bond motifs is 1. The first kappa shape index (κ1) is 17.8. The van der Waals surface area contributed by atoms with Crippen molar-refractivity contribution in [2.75, 3.05) is 0 Å². The molecule has 1 aliphatic rings. The summed E-state index contributed by atoms with van der Waals surface area (Å²) < 4.78 is 0. The predicted octanol–water partition coefficient (Wildman–Crippen LogP) is 6.27. The van der Waals surface area contributed by atoms with Crippen LogP contribution in [0.3, 0.4) is 0 Å². The average molecular weight is 370 g/mol. The number of hydrogen-bond acceptors (Lipinski definition) is 2. The molecule has 4 rings (SSSR count). The number of rotatable bonds is 1. The zero-order valence-corrected chi connectivity index (χ0v) is 17.1. The zero-order chi connectivity index (χ0) is 19.0. The van der Waals surface area contributed by atoms with Gasteiger partial charge in [-0.15, -0.1) is 11.3 Å². The molecule has 0 aliphatic heterocycles. The van der Waals surface area contributed by atoms with Crippen molar-refractivity contribution >= 4 is 16.9 Å². The van der Waals surface area contributed by atoms with E-state index in [0.29, 0.717) is 0 Å².